The van der Waals surface area contributed by atoms with Gasteiger partial charge in [0.15, 0.2) is 6.61 Å². The molecule has 0 aliphatic rings. The fourth-order valence-electron chi connectivity index (χ4n) is 2.29. The number of amides is 2. The Hall–Kier alpha value is -2.87. The van der Waals surface area contributed by atoms with Crippen LogP contribution in [-0.2, 0) is 16.0 Å². The molecule has 2 aromatic rings. The summed E-state index contributed by atoms with van der Waals surface area (Å²) >= 11 is 5.96. The molecule has 2 amide bonds. The number of nitrogens with one attached hydrogen (secondary N) is 2. The zero-order chi connectivity index (χ0) is 20.5. The van der Waals surface area contributed by atoms with Crippen LogP contribution in [0.4, 0.5) is 10.7 Å². The number of carbonyl (C=O) groups excluding carboxylic acids is 2. The molecule has 0 unspecified atom stereocenters. The summed E-state index contributed by atoms with van der Waals surface area (Å²) in [5, 5.41) is 5.66. The van der Waals surface area contributed by atoms with Gasteiger partial charge in [0.05, 0.1) is 5.69 Å². The highest BCUT2D eigenvalue weighted by Gasteiger charge is 2.09. The maximum absolute atomic E-state index is 11.5. The molecule has 2 N–H and O–H groups in total. The summed E-state index contributed by atoms with van der Waals surface area (Å²) in [6, 6.07) is 9.40. The van der Waals surface area contributed by atoms with Gasteiger partial charge in [0.1, 0.15) is 0 Å². The number of aryl methyl sites for hydroxylation is 1. The van der Waals surface area contributed by atoms with Gasteiger partial charge in [-0.3, -0.25) is 4.79 Å². The number of nitrogens with zero attached hydrogens (tertiary/aromatic N) is 3. The normalized spacial score (nSPS) is 10.3. The highest BCUT2D eigenvalue weighted by Crippen LogP contribution is 2.22. The van der Waals surface area contributed by atoms with Crippen LogP contribution in [0, 0.1) is 0 Å². The summed E-state index contributed by atoms with van der Waals surface area (Å²) in [4.78, 5) is 33.6. The summed E-state index contributed by atoms with van der Waals surface area (Å²) in [5.41, 5.74) is 2.62. The summed E-state index contributed by atoms with van der Waals surface area (Å²) in [6.45, 7) is 0.106. The third-order valence-corrected chi connectivity index (χ3v) is 4.05. The van der Waals surface area contributed by atoms with E-state index >= 15 is 0 Å². The molecule has 9 heteroatoms. The van der Waals surface area contributed by atoms with Gasteiger partial charge >= 0.3 is 6.09 Å². The first-order valence-corrected chi connectivity index (χ1v) is 9.19. The lowest BCUT2D eigenvalue weighted by molar-refractivity contribution is -0.123. The number of rotatable bonds is 8. The van der Waals surface area contributed by atoms with E-state index < -0.39 is 6.09 Å². The van der Waals surface area contributed by atoms with Crippen molar-refractivity contribution in [3.05, 3.63) is 41.0 Å². The van der Waals surface area contributed by atoms with Gasteiger partial charge in [-0.15, -0.1) is 0 Å². The fourth-order valence-corrected chi connectivity index (χ4v) is 2.42. The first-order chi connectivity index (χ1) is 13.4. The van der Waals surface area contributed by atoms with Crippen LogP contribution >= 0.6 is 11.6 Å². The largest absolute Gasteiger partial charge is 0.439 e. The minimum atomic E-state index is -0.623. The highest BCUT2D eigenvalue weighted by molar-refractivity contribution is 6.30. The number of hydrogen-bond acceptors (Lipinski definition) is 6. The number of hydrogen-bond donors (Lipinski definition) is 2. The van der Waals surface area contributed by atoms with Gasteiger partial charge in [-0.2, -0.15) is 0 Å². The molecule has 1 heterocycles. The molecule has 0 atom stereocenters. The van der Waals surface area contributed by atoms with Gasteiger partial charge in [0.25, 0.3) is 5.91 Å². The molecule has 0 fully saturated rings. The van der Waals surface area contributed by atoms with Gasteiger partial charge < -0.3 is 20.3 Å². The van der Waals surface area contributed by atoms with E-state index in [2.05, 4.69) is 20.6 Å². The number of alkyl carbamates (subject to hydrolysis) is 1. The van der Waals surface area contributed by atoms with Crippen molar-refractivity contribution in [2.45, 2.75) is 12.8 Å². The zero-order valence-corrected chi connectivity index (χ0v) is 16.9. The highest BCUT2D eigenvalue weighted by atomic mass is 35.5. The topological polar surface area (TPSA) is 96.4 Å². The number of halogens is 1. The van der Waals surface area contributed by atoms with Gasteiger partial charge in [-0.05, 0) is 31.0 Å². The van der Waals surface area contributed by atoms with Gasteiger partial charge in [-0.1, -0.05) is 23.7 Å². The Balaban J connectivity index is 1.96. The van der Waals surface area contributed by atoms with E-state index in [1.165, 1.54) is 7.05 Å². The van der Waals surface area contributed by atoms with Crippen molar-refractivity contribution in [3.8, 4) is 11.3 Å². The Kier molecular flexibility index (Phi) is 8.01. The molecule has 150 valence electrons. The maximum Gasteiger partial charge on any atom is 0.407 e. The van der Waals surface area contributed by atoms with Crippen molar-refractivity contribution < 1.29 is 14.3 Å². The molecule has 0 saturated carbocycles. The lowest BCUT2D eigenvalue weighted by Gasteiger charge is -2.14. The first-order valence-electron chi connectivity index (χ1n) is 8.81. The van der Waals surface area contributed by atoms with Crippen LogP contribution in [-0.4, -0.2) is 56.3 Å². The Bertz CT molecular complexity index is 812. The third-order valence-electron chi connectivity index (χ3n) is 3.80. The molecule has 0 aliphatic heterocycles. The Morgan fingerprint density at radius 2 is 1.89 bits per heavy atom. The predicted octanol–water partition coefficient (Wildman–Crippen LogP) is 2.27. The second kappa shape index (κ2) is 10.5. The maximum atomic E-state index is 11.5. The number of ether oxygens (including phenoxy) is 1. The van der Waals surface area contributed by atoms with E-state index in [4.69, 9.17) is 16.3 Å². The van der Waals surface area contributed by atoms with Crippen LogP contribution in [0.1, 0.15) is 12.1 Å². The van der Waals surface area contributed by atoms with Gasteiger partial charge in [0, 0.05) is 44.0 Å². The van der Waals surface area contributed by atoms with Crippen LogP contribution in [0.25, 0.3) is 11.3 Å². The Morgan fingerprint density at radius 3 is 2.54 bits per heavy atom. The number of carbonyl (C=O) groups is 2. The number of likely N-dealkylation sites (N-methyl/N-ethyl adjacent to an activating group) is 1. The van der Waals surface area contributed by atoms with Crippen molar-refractivity contribution in [3.63, 3.8) is 0 Å². The third kappa shape index (κ3) is 6.70. The summed E-state index contributed by atoms with van der Waals surface area (Å²) in [7, 11) is 5.25. The van der Waals surface area contributed by atoms with Crippen LogP contribution < -0.4 is 15.5 Å². The van der Waals surface area contributed by atoms with E-state index in [-0.39, 0.29) is 12.5 Å². The quantitative estimate of drug-likeness (QED) is 0.654. The molecule has 0 radical (unpaired) electrons. The molecule has 2 rings (SSSR count). The van der Waals surface area contributed by atoms with E-state index in [1.807, 2.05) is 49.3 Å². The summed E-state index contributed by atoms with van der Waals surface area (Å²) in [5.74, 6) is 0.252. The predicted molar refractivity (Wildman–Crippen MR) is 109 cm³/mol. The van der Waals surface area contributed by atoms with Crippen LogP contribution in [0.15, 0.2) is 30.3 Å². The summed E-state index contributed by atoms with van der Waals surface area (Å²) in [6.07, 6.45) is 0.695. The second-order valence-electron chi connectivity index (χ2n) is 6.23. The molecular formula is C19H24ClN5O3. The smallest absolute Gasteiger partial charge is 0.407 e. The lowest BCUT2D eigenvalue weighted by atomic mass is 10.1. The van der Waals surface area contributed by atoms with Crippen molar-refractivity contribution in [1.82, 2.24) is 20.6 Å². The minimum Gasteiger partial charge on any atom is -0.439 e. The molecule has 0 saturated heterocycles. The second-order valence-corrected chi connectivity index (χ2v) is 6.66. The Morgan fingerprint density at radius 1 is 1.18 bits per heavy atom. The van der Waals surface area contributed by atoms with Crippen LogP contribution in [0.3, 0.4) is 0 Å². The summed E-state index contributed by atoms with van der Waals surface area (Å²) < 4.78 is 4.78. The van der Waals surface area contributed by atoms with E-state index in [9.17, 15) is 9.59 Å². The monoisotopic (exact) mass is 405 g/mol. The zero-order valence-electron chi connectivity index (χ0n) is 16.2. The molecule has 0 aliphatic carbocycles. The van der Waals surface area contributed by atoms with Crippen molar-refractivity contribution in [1.29, 1.82) is 0 Å². The molecular weight excluding hydrogens is 382 g/mol. The molecule has 0 spiro atoms. The lowest BCUT2D eigenvalue weighted by Crippen LogP contribution is -2.31. The van der Waals surface area contributed by atoms with Crippen molar-refractivity contribution in [2.75, 3.05) is 39.2 Å². The number of benzene rings is 1. The average molecular weight is 406 g/mol. The van der Waals surface area contributed by atoms with Crippen LogP contribution in [0.2, 0.25) is 5.02 Å². The average Bonchev–Trinajstić information content (AvgIpc) is 2.69. The molecule has 1 aromatic carbocycles. The van der Waals surface area contributed by atoms with Gasteiger partial charge in [-0.25, -0.2) is 14.8 Å². The van der Waals surface area contributed by atoms with E-state index in [1.54, 1.807) is 0 Å². The first kappa shape index (κ1) is 21.4. The SMILES string of the molecule is CNC(=O)COC(=O)NCCCc1cc(-c2ccc(Cl)cc2)nc(N(C)C)n1. The van der Waals surface area contributed by atoms with E-state index in [0.717, 1.165) is 17.0 Å². The fraction of sp³-hybridized carbons (Fsp3) is 0.368. The Labute approximate surface area is 169 Å². The van der Waals surface area contributed by atoms with Crippen molar-refractivity contribution in [2.24, 2.45) is 0 Å². The van der Waals surface area contributed by atoms with Crippen LogP contribution in [0.5, 0.6) is 0 Å². The van der Waals surface area contributed by atoms with Gasteiger partial charge in [0.2, 0.25) is 5.95 Å². The molecule has 28 heavy (non-hydrogen) atoms. The molecule has 0 bridgehead atoms. The minimum absolute atomic E-state index is 0.301. The van der Waals surface area contributed by atoms with Crippen molar-refractivity contribution >= 4 is 29.5 Å². The van der Waals surface area contributed by atoms with E-state index in [0.29, 0.717) is 30.4 Å². The standard InChI is InChI=1S/C19H24ClN5O3/c1-21-17(26)12-28-19(27)22-10-4-5-15-11-16(24-18(23-15)25(2)3)13-6-8-14(20)9-7-13/h6-9,11H,4-5,10,12H2,1-3H3,(H,21,26)(H,22,27). The molecule has 8 nitrogen and oxygen atoms in total. The number of anilines is 1. The number of aromatic nitrogens is 2. The molecule has 1 aromatic heterocycles.